The second kappa shape index (κ2) is 5.24. The molecule has 0 bridgehead atoms. The van der Waals surface area contributed by atoms with E-state index in [0.29, 0.717) is 22.5 Å². The fourth-order valence-corrected chi connectivity index (χ4v) is 2.58. The van der Waals surface area contributed by atoms with E-state index in [1.54, 1.807) is 18.2 Å². The van der Waals surface area contributed by atoms with Crippen molar-refractivity contribution in [2.45, 2.75) is 6.04 Å². The number of benzene rings is 2. The molecule has 1 aliphatic heterocycles. The molecule has 0 aliphatic carbocycles. The van der Waals surface area contributed by atoms with Gasteiger partial charge >= 0.3 is 0 Å². The first-order chi connectivity index (χ1) is 9.22. The maximum Gasteiger partial charge on any atom is 0.216 e. The molecule has 0 N–H and O–H groups in total. The van der Waals surface area contributed by atoms with E-state index in [4.69, 9.17) is 27.9 Å². The fraction of sp³-hybridized carbons (Fsp3) is 0.133. The molecule has 0 radical (unpaired) electrons. The van der Waals surface area contributed by atoms with E-state index in [-0.39, 0.29) is 6.04 Å². The van der Waals surface area contributed by atoms with Gasteiger partial charge in [-0.1, -0.05) is 53.5 Å². The minimum atomic E-state index is 0.0361. The zero-order valence-corrected chi connectivity index (χ0v) is 11.5. The summed E-state index contributed by atoms with van der Waals surface area (Å²) in [6.45, 7) is 0.545. The molecule has 0 fully saturated rings. The minimum Gasteiger partial charge on any atom is -0.475 e. The van der Waals surface area contributed by atoms with Crippen molar-refractivity contribution in [3.8, 4) is 0 Å². The summed E-state index contributed by atoms with van der Waals surface area (Å²) in [7, 11) is 0. The molecule has 0 saturated carbocycles. The van der Waals surface area contributed by atoms with Crippen LogP contribution in [0.5, 0.6) is 0 Å². The van der Waals surface area contributed by atoms with Gasteiger partial charge in [-0.05, 0) is 23.8 Å². The van der Waals surface area contributed by atoms with Gasteiger partial charge in [0, 0.05) is 15.6 Å². The topological polar surface area (TPSA) is 21.6 Å². The molecule has 0 aromatic heterocycles. The zero-order chi connectivity index (χ0) is 13.2. The maximum atomic E-state index is 5.99. The highest BCUT2D eigenvalue weighted by Gasteiger charge is 2.21. The van der Waals surface area contributed by atoms with Crippen LogP contribution in [0.15, 0.2) is 53.5 Å². The highest BCUT2D eigenvalue weighted by molar-refractivity contribution is 6.35. The Bertz CT molecular complexity index is 605. The summed E-state index contributed by atoms with van der Waals surface area (Å²) in [5.74, 6) is 0.596. The molecular weight excluding hydrogens is 281 g/mol. The summed E-state index contributed by atoms with van der Waals surface area (Å²) in [6.07, 6.45) is 0. The average molecular weight is 292 g/mol. The quantitative estimate of drug-likeness (QED) is 0.798. The van der Waals surface area contributed by atoms with Gasteiger partial charge in [-0.25, -0.2) is 4.99 Å². The first-order valence-electron chi connectivity index (χ1n) is 5.94. The van der Waals surface area contributed by atoms with Crippen molar-refractivity contribution in [3.05, 3.63) is 69.7 Å². The van der Waals surface area contributed by atoms with Gasteiger partial charge in [-0.2, -0.15) is 0 Å². The second-order valence-corrected chi connectivity index (χ2v) is 5.20. The van der Waals surface area contributed by atoms with Gasteiger partial charge in [0.2, 0.25) is 5.90 Å². The van der Waals surface area contributed by atoms with E-state index in [0.717, 1.165) is 11.1 Å². The number of aliphatic imine (C=N–C) groups is 1. The number of hydrogen-bond acceptors (Lipinski definition) is 2. The number of hydrogen-bond donors (Lipinski definition) is 0. The second-order valence-electron chi connectivity index (χ2n) is 4.33. The largest absolute Gasteiger partial charge is 0.475 e. The number of ether oxygens (including phenoxy) is 1. The summed E-state index contributed by atoms with van der Waals surface area (Å²) >= 11 is 12.0. The predicted molar refractivity (Wildman–Crippen MR) is 78.1 cm³/mol. The molecule has 1 atom stereocenters. The maximum absolute atomic E-state index is 5.99. The number of rotatable bonds is 2. The lowest BCUT2D eigenvalue weighted by Gasteiger charge is -2.03. The molecule has 1 heterocycles. The molecule has 1 aliphatic rings. The minimum absolute atomic E-state index is 0.0361. The molecular formula is C15H11Cl2NO. The van der Waals surface area contributed by atoms with Gasteiger partial charge in [-0.3, -0.25) is 0 Å². The predicted octanol–water partition coefficient (Wildman–Crippen LogP) is 4.51. The van der Waals surface area contributed by atoms with Crippen molar-refractivity contribution in [1.29, 1.82) is 0 Å². The molecule has 0 spiro atoms. The van der Waals surface area contributed by atoms with Gasteiger partial charge in [0.15, 0.2) is 0 Å². The van der Waals surface area contributed by atoms with Gasteiger partial charge < -0.3 is 4.74 Å². The first-order valence-corrected chi connectivity index (χ1v) is 6.70. The van der Waals surface area contributed by atoms with E-state index >= 15 is 0 Å². The standard InChI is InChI=1S/C15H11Cl2NO/c16-12-6-11(7-13(17)8-12)15-18-14(9-19-15)10-4-2-1-3-5-10/h1-8,14H,9H2. The summed E-state index contributed by atoms with van der Waals surface area (Å²) in [6, 6.07) is 15.4. The molecule has 0 amide bonds. The summed E-state index contributed by atoms with van der Waals surface area (Å²) in [4.78, 5) is 4.59. The Morgan fingerprint density at radius 1 is 1.00 bits per heavy atom. The highest BCUT2D eigenvalue weighted by Crippen LogP contribution is 2.27. The Balaban J connectivity index is 1.91. The van der Waals surface area contributed by atoms with Crippen molar-refractivity contribution >= 4 is 29.1 Å². The lowest BCUT2D eigenvalue weighted by Crippen LogP contribution is -2.01. The van der Waals surface area contributed by atoms with Crippen LogP contribution in [-0.4, -0.2) is 12.5 Å². The molecule has 2 nitrogen and oxygen atoms in total. The normalized spacial score (nSPS) is 18.0. The van der Waals surface area contributed by atoms with Gasteiger partial charge in [0.05, 0.1) is 0 Å². The monoisotopic (exact) mass is 291 g/mol. The third kappa shape index (κ3) is 2.75. The lowest BCUT2D eigenvalue weighted by atomic mass is 10.1. The van der Waals surface area contributed by atoms with E-state index in [1.807, 2.05) is 30.3 Å². The summed E-state index contributed by atoms with van der Waals surface area (Å²) in [5.41, 5.74) is 1.96. The molecule has 96 valence electrons. The molecule has 19 heavy (non-hydrogen) atoms. The molecule has 4 heteroatoms. The van der Waals surface area contributed by atoms with Crippen LogP contribution in [0.1, 0.15) is 17.2 Å². The van der Waals surface area contributed by atoms with E-state index in [9.17, 15) is 0 Å². The molecule has 3 rings (SSSR count). The Kier molecular flexibility index (Phi) is 3.45. The molecule has 0 saturated heterocycles. The van der Waals surface area contributed by atoms with E-state index in [2.05, 4.69) is 4.99 Å². The SMILES string of the molecule is Clc1cc(Cl)cc(C2=NC(c3ccccc3)CO2)c1. The third-order valence-corrected chi connectivity index (χ3v) is 3.38. The van der Waals surface area contributed by atoms with Crippen molar-refractivity contribution in [2.24, 2.45) is 4.99 Å². The van der Waals surface area contributed by atoms with Crippen molar-refractivity contribution in [2.75, 3.05) is 6.61 Å². The smallest absolute Gasteiger partial charge is 0.216 e. The third-order valence-electron chi connectivity index (χ3n) is 2.94. The van der Waals surface area contributed by atoms with Crippen LogP contribution >= 0.6 is 23.2 Å². The van der Waals surface area contributed by atoms with E-state index < -0.39 is 0 Å². The first kappa shape index (κ1) is 12.5. The van der Waals surface area contributed by atoms with Crippen LogP contribution in [0, 0.1) is 0 Å². The van der Waals surface area contributed by atoms with Crippen LogP contribution in [-0.2, 0) is 4.74 Å². The number of nitrogens with zero attached hydrogens (tertiary/aromatic N) is 1. The van der Waals surface area contributed by atoms with Gasteiger partial charge in [-0.15, -0.1) is 0 Å². The Labute approximate surface area is 121 Å². The molecule has 2 aromatic rings. The van der Waals surface area contributed by atoms with Crippen LogP contribution in [0.4, 0.5) is 0 Å². The van der Waals surface area contributed by atoms with Crippen molar-refractivity contribution in [1.82, 2.24) is 0 Å². The van der Waals surface area contributed by atoms with Crippen LogP contribution in [0.2, 0.25) is 10.0 Å². The van der Waals surface area contributed by atoms with Crippen molar-refractivity contribution < 1.29 is 4.74 Å². The zero-order valence-electron chi connectivity index (χ0n) is 10.0. The van der Waals surface area contributed by atoms with Gasteiger partial charge in [0.1, 0.15) is 12.6 Å². The molecule has 2 aromatic carbocycles. The molecule has 1 unspecified atom stereocenters. The Morgan fingerprint density at radius 2 is 1.68 bits per heavy atom. The summed E-state index contributed by atoms with van der Waals surface area (Å²) in [5, 5.41) is 1.16. The van der Waals surface area contributed by atoms with Crippen LogP contribution < -0.4 is 0 Å². The summed E-state index contributed by atoms with van der Waals surface area (Å²) < 4.78 is 5.65. The van der Waals surface area contributed by atoms with Crippen molar-refractivity contribution in [3.63, 3.8) is 0 Å². The van der Waals surface area contributed by atoms with Gasteiger partial charge in [0.25, 0.3) is 0 Å². The Morgan fingerprint density at radius 3 is 2.37 bits per heavy atom. The number of halogens is 2. The van der Waals surface area contributed by atoms with Crippen LogP contribution in [0.3, 0.4) is 0 Å². The lowest BCUT2D eigenvalue weighted by molar-refractivity contribution is 0.320. The van der Waals surface area contributed by atoms with Crippen LogP contribution in [0.25, 0.3) is 0 Å². The average Bonchev–Trinajstić information content (AvgIpc) is 2.88. The highest BCUT2D eigenvalue weighted by atomic mass is 35.5. The van der Waals surface area contributed by atoms with E-state index in [1.165, 1.54) is 0 Å². The fourth-order valence-electron chi connectivity index (χ4n) is 2.06. The Hall–Kier alpha value is -1.51.